The highest BCUT2D eigenvalue weighted by Crippen LogP contribution is 2.23. The summed E-state index contributed by atoms with van der Waals surface area (Å²) < 4.78 is 0.839. The molecular weight excluding hydrogens is 260 g/mol. The van der Waals surface area contributed by atoms with E-state index in [4.69, 9.17) is 5.11 Å². The fourth-order valence-electron chi connectivity index (χ4n) is 1.29. The Morgan fingerprint density at radius 1 is 1.53 bits per heavy atom. The van der Waals surface area contributed by atoms with Crippen LogP contribution in [0.15, 0.2) is 29.0 Å². The average molecular weight is 267 g/mol. The van der Waals surface area contributed by atoms with E-state index in [2.05, 4.69) is 25.9 Å². The molecule has 0 atom stereocenters. The molecule has 2 N–H and O–H groups in total. The van der Waals surface area contributed by atoms with Crippen LogP contribution in [0.2, 0.25) is 0 Å². The van der Waals surface area contributed by atoms with Gasteiger partial charge in [0.25, 0.3) is 0 Å². The van der Waals surface area contributed by atoms with Gasteiger partial charge in [-0.1, -0.05) is 0 Å². The number of hydrogen-bond acceptors (Lipinski definition) is 2. The lowest BCUT2D eigenvalue weighted by molar-refractivity contribution is -0.131. The van der Waals surface area contributed by atoms with Crippen molar-refractivity contribution in [2.24, 2.45) is 0 Å². The van der Waals surface area contributed by atoms with Crippen molar-refractivity contribution in [3.8, 4) is 0 Å². The fraction of sp³-hybridized carbons (Fsp3) is 0. The third-order valence-electron chi connectivity index (χ3n) is 1.92. The molecule has 2 rings (SSSR count). The molecule has 0 radical (unpaired) electrons. The number of fused-ring (bicyclic) bond motifs is 1. The molecule has 5 heteroatoms. The van der Waals surface area contributed by atoms with E-state index >= 15 is 0 Å². The number of carboxylic acids is 1. The molecule has 0 aliphatic heterocycles. The van der Waals surface area contributed by atoms with Crippen molar-refractivity contribution in [3.05, 3.63) is 34.6 Å². The number of benzene rings is 1. The Morgan fingerprint density at radius 2 is 2.33 bits per heavy atom. The monoisotopic (exact) mass is 266 g/mol. The van der Waals surface area contributed by atoms with Crippen LogP contribution < -0.4 is 0 Å². The van der Waals surface area contributed by atoms with E-state index in [1.54, 1.807) is 6.33 Å². The molecule has 1 aromatic heterocycles. The maximum atomic E-state index is 10.4. The maximum Gasteiger partial charge on any atom is 0.328 e. The van der Waals surface area contributed by atoms with E-state index in [9.17, 15) is 4.79 Å². The summed E-state index contributed by atoms with van der Waals surface area (Å²) in [4.78, 5) is 17.4. The lowest BCUT2D eigenvalue weighted by Crippen LogP contribution is -1.86. The van der Waals surface area contributed by atoms with Crippen LogP contribution in [0, 0.1) is 0 Å². The Hall–Kier alpha value is -1.62. The lowest BCUT2D eigenvalue weighted by Gasteiger charge is -1.96. The second-order valence-electron chi connectivity index (χ2n) is 2.97. The topological polar surface area (TPSA) is 66.0 Å². The van der Waals surface area contributed by atoms with E-state index in [0.717, 1.165) is 27.1 Å². The second kappa shape index (κ2) is 3.86. The Balaban J connectivity index is 2.49. The van der Waals surface area contributed by atoms with Gasteiger partial charge < -0.3 is 10.1 Å². The molecular formula is C10H7BrN2O2. The van der Waals surface area contributed by atoms with Crippen molar-refractivity contribution in [2.75, 3.05) is 0 Å². The number of carbonyl (C=O) groups is 1. The van der Waals surface area contributed by atoms with Crippen LogP contribution in [0.3, 0.4) is 0 Å². The molecule has 0 saturated carbocycles. The minimum atomic E-state index is -0.962. The number of aromatic amines is 1. The van der Waals surface area contributed by atoms with Gasteiger partial charge in [0.15, 0.2) is 0 Å². The molecule has 0 amide bonds. The number of nitrogens with one attached hydrogen (secondary N) is 1. The van der Waals surface area contributed by atoms with Crippen molar-refractivity contribution in [1.82, 2.24) is 9.97 Å². The van der Waals surface area contributed by atoms with Crippen molar-refractivity contribution in [1.29, 1.82) is 0 Å². The van der Waals surface area contributed by atoms with E-state index in [0.29, 0.717) is 0 Å². The zero-order valence-corrected chi connectivity index (χ0v) is 9.15. The third-order valence-corrected chi connectivity index (χ3v) is 2.52. The number of hydrogen-bond donors (Lipinski definition) is 2. The van der Waals surface area contributed by atoms with Crippen molar-refractivity contribution < 1.29 is 9.90 Å². The van der Waals surface area contributed by atoms with Gasteiger partial charge in [-0.3, -0.25) is 0 Å². The highest BCUT2D eigenvalue weighted by Gasteiger charge is 2.02. The van der Waals surface area contributed by atoms with Crippen LogP contribution in [-0.2, 0) is 4.79 Å². The quantitative estimate of drug-likeness (QED) is 0.821. The number of H-pyrrole nitrogens is 1. The van der Waals surface area contributed by atoms with Crippen molar-refractivity contribution in [3.63, 3.8) is 0 Å². The Labute approximate surface area is 93.8 Å². The zero-order valence-electron chi connectivity index (χ0n) is 7.57. The maximum absolute atomic E-state index is 10.4. The summed E-state index contributed by atoms with van der Waals surface area (Å²) in [6, 6.07) is 3.66. The van der Waals surface area contributed by atoms with Crippen LogP contribution in [-0.4, -0.2) is 21.0 Å². The molecule has 15 heavy (non-hydrogen) atoms. The Bertz CT molecular complexity index is 545. The van der Waals surface area contributed by atoms with Gasteiger partial charge in [0.05, 0.1) is 11.8 Å². The SMILES string of the molecule is O=C(O)C=Cc1cc(Br)c2nc[nH]c2c1. The molecule has 1 aromatic carbocycles. The van der Waals surface area contributed by atoms with Gasteiger partial charge in [0.1, 0.15) is 5.52 Å². The summed E-state index contributed by atoms with van der Waals surface area (Å²) in [6.07, 6.45) is 4.23. The molecule has 0 aliphatic rings. The summed E-state index contributed by atoms with van der Waals surface area (Å²) in [6.45, 7) is 0. The number of nitrogens with zero attached hydrogens (tertiary/aromatic N) is 1. The standard InChI is InChI=1S/C10H7BrN2O2/c11-7-3-6(1-2-9(14)15)4-8-10(7)13-5-12-8/h1-5H,(H,12,13)(H,14,15). The van der Waals surface area contributed by atoms with Gasteiger partial charge >= 0.3 is 5.97 Å². The third kappa shape index (κ3) is 2.07. The van der Waals surface area contributed by atoms with Crippen LogP contribution in [0.1, 0.15) is 5.56 Å². The first kappa shape index (κ1) is 9.92. The van der Waals surface area contributed by atoms with Crippen LogP contribution in [0.5, 0.6) is 0 Å². The first-order chi connectivity index (χ1) is 7.16. The van der Waals surface area contributed by atoms with Crippen molar-refractivity contribution in [2.45, 2.75) is 0 Å². The lowest BCUT2D eigenvalue weighted by atomic mass is 10.2. The average Bonchev–Trinajstić information content (AvgIpc) is 2.63. The molecule has 0 fully saturated rings. The molecule has 0 spiro atoms. The minimum Gasteiger partial charge on any atom is -0.478 e. The van der Waals surface area contributed by atoms with Gasteiger partial charge in [0, 0.05) is 10.5 Å². The summed E-state index contributed by atoms with van der Waals surface area (Å²) >= 11 is 3.37. The highest BCUT2D eigenvalue weighted by atomic mass is 79.9. The minimum absolute atomic E-state index is 0.807. The van der Waals surface area contributed by atoms with Gasteiger partial charge in [-0.2, -0.15) is 0 Å². The number of aromatic nitrogens is 2. The van der Waals surface area contributed by atoms with Crippen LogP contribution in [0.25, 0.3) is 17.1 Å². The summed E-state index contributed by atoms with van der Waals surface area (Å²) in [7, 11) is 0. The Kier molecular flexibility index (Phi) is 2.55. The summed E-state index contributed by atoms with van der Waals surface area (Å²) in [5.41, 5.74) is 2.51. The largest absolute Gasteiger partial charge is 0.478 e. The Morgan fingerprint density at radius 3 is 3.07 bits per heavy atom. The van der Waals surface area contributed by atoms with E-state index in [-0.39, 0.29) is 0 Å². The zero-order chi connectivity index (χ0) is 10.8. The molecule has 76 valence electrons. The molecule has 0 aliphatic carbocycles. The van der Waals surface area contributed by atoms with Gasteiger partial charge in [-0.05, 0) is 39.7 Å². The molecule has 1 heterocycles. The number of carboxylic acid groups (broad SMARTS) is 1. The van der Waals surface area contributed by atoms with E-state index in [1.807, 2.05) is 12.1 Å². The van der Waals surface area contributed by atoms with E-state index in [1.165, 1.54) is 6.08 Å². The number of rotatable bonds is 2. The van der Waals surface area contributed by atoms with Gasteiger partial charge in [-0.15, -0.1) is 0 Å². The number of imidazole rings is 1. The van der Waals surface area contributed by atoms with Crippen molar-refractivity contribution >= 4 is 39.0 Å². The van der Waals surface area contributed by atoms with Crippen LogP contribution in [0.4, 0.5) is 0 Å². The molecule has 0 saturated heterocycles. The normalized spacial score (nSPS) is 11.3. The summed E-state index contributed by atoms with van der Waals surface area (Å²) in [5, 5.41) is 8.50. The van der Waals surface area contributed by atoms with Gasteiger partial charge in [0.2, 0.25) is 0 Å². The number of aliphatic carboxylic acids is 1. The fourth-order valence-corrected chi connectivity index (χ4v) is 1.87. The highest BCUT2D eigenvalue weighted by molar-refractivity contribution is 9.10. The molecule has 4 nitrogen and oxygen atoms in total. The van der Waals surface area contributed by atoms with Gasteiger partial charge in [-0.25, -0.2) is 9.78 Å². The molecule has 0 unspecified atom stereocenters. The smallest absolute Gasteiger partial charge is 0.328 e. The number of halogens is 1. The molecule has 0 bridgehead atoms. The molecule has 2 aromatic rings. The predicted octanol–water partition coefficient (Wildman–Crippen LogP) is 2.42. The predicted molar refractivity (Wildman–Crippen MR) is 60.5 cm³/mol. The van der Waals surface area contributed by atoms with E-state index < -0.39 is 5.97 Å². The first-order valence-electron chi connectivity index (χ1n) is 4.20. The van der Waals surface area contributed by atoms with Crippen LogP contribution >= 0.6 is 15.9 Å². The first-order valence-corrected chi connectivity index (χ1v) is 5.00. The summed E-state index contributed by atoms with van der Waals surface area (Å²) in [5.74, 6) is -0.962. The second-order valence-corrected chi connectivity index (χ2v) is 3.83.